The second-order valence-corrected chi connectivity index (χ2v) is 7.35. The first kappa shape index (κ1) is 20.5. The Labute approximate surface area is 165 Å². The number of halogens is 1. The van der Waals surface area contributed by atoms with Gasteiger partial charge in [-0.1, -0.05) is 43.8 Å². The first-order chi connectivity index (χ1) is 13.7. The lowest BCUT2D eigenvalue weighted by molar-refractivity contribution is -0.133. The normalized spacial score (nSPS) is 15.1. The van der Waals surface area contributed by atoms with Gasteiger partial charge in [0.1, 0.15) is 5.82 Å². The van der Waals surface area contributed by atoms with Crippen LogP contribution in [0.1, 0.15) is 51.3 Å². The lowest BCUT2D eigenvalue weighted by Crippen LogP contribution is -2.48. The predicted molar refractivity (Wildman–Crippen MR) is 105 cm³/mol. The number of rotatable bonds is 9. The highest BCUT2D eigenvalue weighted by Gasteiger charge is 2.22. The molecule has 1 amide bonds. The molecule has 1 fully saturated rings. The van der Waals surface area contributed by atoms with Gasteiger partial charge < -0.3 is 9.42 Å². The number of nitrogens with zero attached hydrogens (tertiary/aromatic N) is 4. The molecule has 0 saturated carbocycles. The molecule has 1 aromatic heterocycles. The molecule has 0 radical (unpaired) electrons. The van der Waals surface area contributed by atoms with Crippen LogP contribution in [0.25, 0.3) is 11.5 Å². The van der Waals surface area contributed by atoms with Crippen molar-refractivity contribution in [3.05, 3.63) is 35.9 Å². The van der Waals surface area contributed by atoms with Crippen LogP contribution < -0.4 is 0 Å². The van der Waals surface area contributed by atoms with Crippen molar-refractivity contribution in [2.24, 2.45) is 0 Å². The van der Waals surface area contributed by atoms with Gasteiger partial charge in [-0.05, 0) is 24.6 Å². The van der Waals surface area contributed by atoms with Crippen LogP contribution >= 0.6 is 0 Å². The molecule has 1 aromatic carbocycles. The number of aromatic nitrogens is 2. The summed E-state index contributed by atoms with van der Waals surface area (Å²) in [4.78, 5) is 20.9. The van der Waals surface area contributed by atoms with Crippen LogP contribution in [-0.2, 0) is 11.3 Å². The summed E-state index contributed by atoms with van der Waals surface area (Å²) in [5.41, 5.74) is 0.577. The summed E-state index contributed by atoms with van der Waals surface area (Å²) in [5, 5.41) is 4.00. The monoisotopic (exact) mass is 388 g/mol. The molecule has 0 bridgehead atoms. The number of hydrogen-bond donors (Lipinski definition) is 0. The number of amides is 1. The Bertz CT molecular complexity index is 756. The molecule has 0 atom stereocenters. The van der Waals surface area contributed by atoms with Gasteiger partial charge in [-0.3, -0.25) is 9.69 Å². The largest absolute Gasteiger partial charge is 0.340 e. The molecule has 1 saturated heterocycles. The molecule has 7 heteroatoms. The summed E-state index contributed by atoms with van der Waals surface area (Å²) in [5.74, 6) is 0.842. The molecule has 2 heterocycles. The Morgan fingerprint density at radius 2 is 1.93 bits per heavy atom. The van der Waals surface area contributed by atoms with Gasteiger partial charge in [0.25, 0.3) is 5.89 Å². The first-order valence-electron chi connectivity index (χ1n) is 10.2. The molecule has 0 N–H and O–H groups in total. The maximum Gasteiger partial charge on any atom is 0.258 e. The second kappa shape index (κ2) is 10.3. The van der Waals surface area contributed by atoms with Crippen molar-refractivity contribution >= 4 is 5.91 Å². The van der Waals surface area contributed by atoms with Crippen LogP contribution in [0.2, 0.25) is 0 Å². The molecule has 1 aliphatic heterocycles. The summed E-state index contributed by atoms with van der Waals surface area (Å²) in [6, 6.07) is 6.12. The van der Waals surface area contributed by atoms with Gasteiger partial charge in [0.15, 0.2) is 5.82 Å². The Balaban J connectivity index is 1.41. The Morgan fingerprint density at radius 1 is 1.14 bits per heavy atom. The number of carbonyl (C=O) groups excluding carboxylic acids is 1. The van der Waals surface area contributed by atoms with E-state index in [-0.39, 0.29) is 11.7 Å². The molecule has 152 valence electrons. The van der Waals surface area contributed by atoms with Crippen molar-refractivity contribution in [1.29, 1.82) is 0 Å². The molecular weight excluding hydrogens is 359 g/mol. The second-order valence-electron chi connectivity index (χ2n) is 7.35. The van der Waals surface area contributed by atoms with Crippen LogP contribution in [-0.4, -0.2) is 52.0 Å². The minimum Gasteiger partial charge on any atom is -0.340 e. The van der Waals surface area contributed by atoms with E-state index in [2.05, 4.69) is 22.0 Å². The number of carbonyl (C=O) groups is 1. The molecule has 0 spiro atoms. The summed E-state index contributed by atoms with van der Waals surface area (Å²) in [6.07, 6.45) is 6.49. The van der Waals surface area contributed by atoms with E-state index in [1.807, 2.05) is 4.90 Å². The molecule has 1 aliphatic rings. The quantitative estimate of drug-likeness (QED) is 0.610. The third kappa shape index (κ3) is 5.86. The molecule has 2 aromatic rings. The zero-order chi connectivity index (χ0) is 19.8. The molecule has 0 aliphatic carbocycles. The summed E-state index contributed by atoms with van der Waals surface area (Å²) in [7, 11) is 0. The fourth-order valence-electron chi connectivity index (χ4n) is 3.45. The van der Waals surface area contributed by atoms with Gasteiger partial charge >= 0.3 is 0 Å². The summed E-state index contributed by atoms with van der Waals surface area (Å²) >= 11 is 0. The fourth-order valence-corrected chi connectivity index (χ4v) is 3.45. The number of hydrogen-bond acceptors (Lipinski definition) is 5. The number of piperazine rings is 1. The van der Waals surface area contributed by atoms with E-state index < -0.39 is 0 Å². The third-order valence-corrected chi connectivity index (χ3v) is 5.12. The zero-order valence-corrected chi connectivity index (χ0v) is 16.6. The minimum atomic E-state index is -0.330. The van der Waals surface area contributed by atoms with Crippen molar-refractivity contribution in [1.82, 2.24) is 19.9 Å². The van der Waals surface area contributed by atoms with Crippen LogP contribution in [0.5, 0.6) is 0 Å². The molecule has 6 nitrogen and oxygen atoms in total. The Kier molecular flexibility index (Phi) is 7.54. The minimum absolute atomic E-state index is 0.268. The molecule has 0 unspecified atom stereocenters. The Hall–Kier alpha value is -2.28. The van der Waals surface area contributed by atoms with Crippen molar-refractivity contribution in [3.63, 3.8) is 0 Å². The summed E-state index contributed by atoms with van der Waals surface area (Å²) in [6.45, 7) is 5.83. The van der Waals surface area contributed by atoms with Crippen LogP contribution in [0, 0.1) is 5.82 Å². The lowest BCUT2D eigenvalue weighted by Gasteiger charge is -2.34. The number of unbranched alkanes of at least 4 members (excludes halogenated alkanes) is 4. The smallest absolute Gasteiger partial charge is 0.258 e. The fraction of sp³-hybridized carbons (Fsp3) is 0.571. The van der Waals surface area contributed by atoms with Crippen LogP contribution in [0.3, 0.4) is 0 Å². The van der Waals surface area contributed by atoms with Gasteiger partial charge in [0, 0.05) is 38.2 Å². The van der Waals surface area contributed by atoms with E-state index >= 15 is 0 Å². The van der Waals surface area contributed by atoms with Crippen LogP contribution in [0.4, 0.5) is 4.39 Å². The number of benzene rings is 1. The summed E-state index contributed by atoms with van der Waals surface area (Å²) < 4.78 is 18.6. The van der Waals surface area contributed by atoms with Crippen LogP contribution in [0.15, 0.2) is 28.8 Å². The molecular formula is C21H29FN4O2. The van der Waals surface area contributed by atoms with E-state index in [0.29, 0.717) is 30.2 Å². The average molecular weight is 388 g/mol. The maximum absolute atomic E-state index is 13.3. The highest BCUT2D eigenvalue weighted by atomic mass is 19.1. The van der Waals surface area contributed by atoms with Gasteiger partial charge in [0.2, 0.25) is 5.91 Å². The Morgan fingerprint density at radius 3 is 2.68 bits per heavy atom. The topological polar surface area (TPSA) is 62.5 Å². The SMILES string of the molecule is CCCCCCCC(=O)N1CCN(Cc2noc(-c3cccc(F)c3)n2)CC1. The molecule has 3 rings (SSSR count). The standard InChI is InChI=1S/C21H29FN4O2/c1-2-3-4-5-6-10-20(27)26-13-11-25(12-14-26)16-19-23-21(28-24-19)17-8-7-9-18(22)15-17/h7-9,15H,2-6,10-14,16H2,1H3. The average Bonchev–Trinajstić information content (AvgIpc) is 3.17. The molecule has 28 heavy (non-hydrogen) atoms. The van der Waals surface area contributed by atoms with Crippen molar-refractivity contribution in [2.45, 2.75) is 52.0 Å². The van der Waals surface area contributed by atoms with E-state index in [0.717, 1.165) is 39.0 Å². The van der Waals surface area contributed by atoms with Crippen molar-refractivity contribution in [3.8, 4) is 11.5 Å². The highest BCUT2D eigenvalue weighted by molar-refractivity contribution is 5.76. The lowest BCUT2D eigenvalue weighted by atomic mass is 10.1. The third-order valence-electron chi connectivity index (χ3n) is 5.12. The zero-order valence-electron chi connectivity index (χ0n) is 16.6. The maximum atomic E-state index is 13.3. The van der Waals surface area contributed by atoms with Gasteiger partial charge in [-0.2, -0.15) is 4.98 Å². The first-order valence-corrected chi connectivity index (χ1v) is 10.2. The van der Waals surface area contributed by atoms with Crippen molar-refractivity contribution < 1.29 is 13.7 Å². The van der Waals surface area contributed by atoms with E-state index in [9.17, 15) is 9.18 Å². The van der Waals surface area contributed by atoms with Gasteiger partial charge in [-0.25, -0.2) is 4.39 Å². The predicted octanol–water partition coefficient (Wildman–Crippen LogP) is 3.88. The van der Waals surface area contributed by atoms with Gasteiger partial charge in [0.05, 0.1) is 6.54 Å². The van der Waals surface area contributed by atoms with Crippen molar-refractivity contribution in [2.75, 3.05) is 26.2 Å². The van der Waals surface area contributed by atoms with E-state index in [1.165, 1.54) is 31.4 Å². The van der Waals surface area contributed by atoms with Gasteiger partial charge in [-0.15, -0.1) is 0 Å². The van der Waals surface area contributed by atoms with E-state index in [1.54, 1.807) is 12.1 Å². The van der Waals surface area contributed by atoms with E-state index in [4.69, 9.17) is 4.52 Å². The highest BCUT2D eigenvalue weighted by Crippen LogP contribution is 2.18.